The summed E-state index contributed by atoms with van der Waals surface area (Å²) in [6.07, 6.45) is 0. The van der Waals surface area contributed by atoms with Crippen molar-refractivity contribution in [1.29, 1.82) is 0 Å². The maximum absolute atomic E-state index is 11.4. The van der Waals surface area contributed by atoms with Gasteiger partial charge in [-0.1, -0.05) is 5.16 Å². The molecule has 0 fully saturated rings. The van der Waals surface area contributed by atoms with E-state index in [1.807, 2.05) is 0 Å². The number of rotatable bonds is 6. The molecule has 110 valence electrons. The van der Waals surface area contributed by atoms with E-state index >= 15 is 0 Å². The first-order valence-electron chi connectivity index (χ1n) is 6.13. The summed E-state index contributed by atoms with van der Waals surface area (Å²) < 4.78 is 5.25. The van der Waals surface area contributed by atoms with E-state index in [1.54, 1.807) is 39.3 Å². The molecule has 1 aromatic carbocycles. The number of likely N-dealkylation sites (N-methyl/N-ethyl adjacent to an activating group) is 1. The number of carbonyl (C=O) groups excluding carboxylic acids is 1. The monoisotopic (exact) mass is 280 g/mol. The van der Waals surface area contributed by atoms with Crippen molar-refractivity contribution in [3.63, 3.8) is 0 Å². The van der Waals surface area contributed by atoms with Gasteiger partial charge in [-0.15, -0.1) is 0 Å². The van der Waals surface area contributed by atoms with E-state index in [9.17, 15) is 4.79 Å². The van der Waals surface area contributed by atoms with Gasteiger partial charge in [-0.3, -0.25) is 4.79 Å². The Morgan fingerprint density at radius 3 is 2.80 bits per heavy atom. The summed E-state index contributed by atoms with van der Waals surface area (Å²) >= 11 is 0. The first kappa shape index (κ1) is 15.8. The lowest BCUT2D eigenvalue weighted by Crippen LogP contribution is -2.40. The van der Waals surface area contributed by atoms with Crippen LogP contribution in [-0.4, -0.2) is 37.1 Å². The van der Waals surface area contributed by atoms with Crippen molar-refractivity contribution in [3.8, 4) is 5.75 Å². The van der Waals surface area contributed by atoms with Gasteiger partial charge in [-0.2, -0.15) is 0 Å². The molecule has 7 nitrogen and oxygen atoms in total. The normalized spacial score (nSPS) is 12.8. The average molecular weight is 280 g/mol. The Hall–Kier alpha value is -2.28. The number of carbonyl (C=O) groups is 1. The van der Waals surface area contributed by atoms with Crippen molar-refractivity contribution in [2.75, 3.05) is 14.2 Å². The summed E-state index contributed by atoms with van der Waals surface area (Å²) in [6, 6.07) is 4.84. The van der Waals surface area contributed by atoms with Gasteiger partial charge in [0.1, 0.15) is 5.75 Å². The smallest absolute Gasteiger partial charge is 0.236 e. The largest absolute Gasteiger partial charge is 0.496 e. The van der Waals surface area contributed by atoms with Crippen LogP contribution in [0.5, 0.6) is 5.75 Å². The molecule has 1 atom stereocenters. The average Bonchev–Trinajstić information content (AvgIpc) is 2.50. The molecular formula is C13H20N4O3. The summed E-state index contributed by atoms with van der Waals surface area (Å²) in [4.78, 5) is 11.4. The van der Waals surface area contributed by atoms with E-state index in [0.717, 1.165) is 5.56 Å². The Morgan fingerprint density at radius 1 is 1.55 bits per heavy atom. The second-order valence-corrected chi connectivity index (χ2v) is 4.23. The number of methoxy groups -OCH3 is 1. The van der Waals surface area contributed by atoms with Gasteiger partial charge < -0.3 is 26.3 Å². The van der Waals surface area contributed by atoms with Gasteiger partial charge in [0.2, 0.25) is 5.91 Å². The molecule has 0 saturated heterocycles. The van der Waals surface area contributed by atoms with Crippen LogP contribution in [0.1, 0.15) is 18.1 Å². The maximum atomic E-state index is 11.4. The summed E-state index contributed by atoms with van der Waals surface area (Å²) in [7, 11) is 3.14. The van der Waals surface area contributed by atoms with Crippen LogP contribution in [0.25, 0.3) is 0 Å². The molecule has 0 aliphatic carbocycles. The quantitative estimate of drug-likeness (QED) is 0.254. The van der Waals surface area contributed by atoms with Crippen LogP contribution in [0, 0.1) is 0 Å². The topological polar surface area (TPSA) is 109 Å². The summed E-state index contributed by atoms with van der Waals surface area (Å²) in [5.74, 6) is 0.584. The number of benzene rings is 1. The third-order valence-electron chi connectivity index (χ3n) is 2.92. The van der Waals surface area contributed by atoms with Gasteiger partial charge in [0.15, 0.2) is 5.84 Å². The first-order chi connectivity index (χ1) is 9.53. The minimum absolute atomic E-state index is 0.0215. The molecule has 0 heterocycles. The highest BCUT2D eigenvalue weighted by Crippen LogP contribution is 2.19. The van der Waals surface area contributed by atoms with Crippen LogP contribution < -0.4 is 21.1 Å². The van der Waals surface area contributed by atoms with Crippen LogP contribution in [0.15, 0.2) is 23.4 Å². The van der Waals surface area contributed by atoms with Gasteiger partial charge in [0.25, 0.3) is 0 Å². The molecule has 7 heteroatoms. The second-order valence-electron chi connectivity index (χ2n) is 4.23. The van der Waals surface area contributed by atoms with Crippen LogP contribution in [-0.2, 0) is 11.3 Å². The Morgan fingerprint density at radius 2 is 2.25 bits per heavy atom. The lowest BCUT2D eigenvalue weighted by atomic mass is 10.1. The van der Waals surface area contributed by atoms with Crippen LogP contribution in [0.4, 0.5) is 0 Å². The van der Waals surface area contributed by atoms with Gasteiger partial charge in [-0.25, -0.2) is 0 Å². The predicted molar refractivity (Wildman–Crippen MR) is 75.9 cm³/mol. The zero-order valence-electron chi connectivity index (χ0n) is 11.8. The van der Waals surface area contributed by atoms with Crippen LogP contribution in [0.3, 0.4) is 0 Å². The minimum atomic E-state index is -0.336. The van der Waals surface area contributed by atoms with Gasteiger partial charge in [-0.05, 0) is 25.1 Å². The predicted octanol–water partition coefficient (Wildman–Crippen LogP) is 0.0138. The molecule has 0 spiro atoms. The Bertz CT molecular complexity index is 502. The minimum Gasteiger partial charge on any atom is -0.496 e. The Kier molecular flexibility index (Phi) is 5.79. The number of nitrogens with zero attached hydrogens (tertiary/aromatic N) is 1. The molecule has 1 amide bonds. The zero-order valence-corrected chi connectivity index (χ0v) is 11.8. The molecule has 20 heavy (non-hydrogen) atoms. The van der Waals surface area contributed by atoms with Crippen molar-refractivity contribution in [1.82, 2.24) is 10.6 Å². The SMILES string of the molecule is CNC(=O)C(C)NCc1cc(/C(N)=N/O)ccc1OC. The lowest BCUT2D eigenvalue weighted by molar-refractivity contribution is -0.122. The molecule has 1 aromatic rings. The standard InChI is InChI=1S/C13H20N4O3/c1-8(13(18)15-2)16-7-10-6-9(12(14)17-19)4-5-11(10)20-3/h4-6,8,16,19H,7H2,1-3H3,(H2,14,17)(H,15,18). The van der Waals surface area contributed by atoms with E-state index in [-0.39, 0.29) is 17.8 Å². The molecular weight excluding hydrogens is 260 g/mol. The molecule has 0 saturated carbocycles. The number of hydrogen-bond acceptors (Lipinski definition) is 5. The number of oxime groups is 1. The highest BCUT2D eigenvalue weighted by atomic mass is 16.5. The van der Waals surface area contributed by atoms with Crippen molar-refractivity contribution in [2.45, 2.75) is 19.5 Å². The number of ether oxygens (including phenoxy) is 1. The third kappa shape index (κ3) is 3.86. The molecule has 0 aliphatic rings. The Balaban J connectivity index is 2.89. The fourth-order valence-electron chi connectivity index (χ4n) is 1.71. The van der Waals surface area contributed by atoms with Crippen molar-refractivity contribution < 1.29 is 14.7 Å². The summed E-state index contributed by atoms with van der Waals surface area (Å²) in [5.41, 5.74) is 6.95. The van der Waals surface area contributed by atoms with E-state index in [1.165, 1.54) is 0 Å². The molecule has 0 aromatic heterocycles. The number of amidine groups is 1. The lowest BCUT2D eigenvalue weighted by Gasteiger charge is -2.15. The molecule has 0 aliphatic heterocycles. The number of nitrogens with one attached hydrogen (secondary N) is 2. The van der Waals surface area contributed by atoms with Crippen LogP contribution >= 0.6 is 0 Å². The fourth-order valence-corrected chi connectivity index (χ4v) is 1.71. The maximum Gasteiger partial charge on any atom is 0.236 e. The van der Waals surface area contributed by atoms with E-state index < -0.39 is 0 Å². The fraction of sp³-hybridized carbons (Fsp3) is 0.385. The molecule has 5 N–H and O–H groups in total. The third-order valence-corrected chi connectivity index (χ3v) is 2.92. The van der Waals surface area contributed by atoms with E-state index in [0.29, 0.717) is 17.9 Å². The highest BCUT2D eigenvalue weighted by molar-refractivity contribution is 5.97. The molecule has 0 bridgehead atoms. The first-order valence-corrected chi connectivity index (χ1v) is 6.13. The highest BCUT2D eigenvalue weighted by Gasteiger charge is 2.12. The Labute approximate surface area is 117 Å². The zero-order chi connectivity index (χ0) is 15.1. The van der Waals surface area contributed by atoms with Gasteiger partial charge in [0, 0.05) is 24.7 Å². The van der Waals surface area contributed by atoms with Gasteiger partial charge in [0.05, 0.1) is 13.2 Å². The van der Waals surface area contributed by atoms with Crippen molar-refractivity contribution >= 4 is 11.7 Å². The number of amides is 1. The van der Waals surface area contributed by atoms with E-state index in [2.05, 4.69) is 15.8 Å². The summed E-state index contributed by atoms with van der Waals surface area (Å²) in [6.45, 7) is 2.18. The molecule has 0 radical (unpaired) electrons. The van der Waals surface area contributed by atoms with Gasteiger partial charge >= 0.3 is 0 Å². The summed E-state index contributed by atoms with van der Waals surface area (Å²) in [5, 5.41) is 17.3. The number of hydrogen-bond donors (Lipinski definition) is 4. The van der Waals surface area contributed by atoms with Crippen LogP contribution in [0.2, 0.25) is 0 Å². The van der Waals surface area contributed by atoms with E-state index in [4.69, 9.17) is 15.7 Å². The number of nitrogens with two attached hydrogens (primary N) is 1. The molecule has 1 unspecified atom stereocenters. The second kappa shape index (κ2) is 7.34. The van der Waals surface area contributed by atoms with Crippen molar-refractivity contribution in [3.05, 3.63) is 29.3 Å². The van der Waals surface area contributed by atoms with Crippen molar-refractivity contribution in [2.24, 2.45) is 10.9 Å². The molecule has 1 rings (SSSR count).